The Kier molecular flexibility index (Phi) is 6.55. The van der Waals surface area contributed by atoms with Crippen molar-refractivity contribution in [3.05, 3.63) is 55.3 Å². The van der Waals surface area contributed by atoms with Gasteiger partial charge in [-0.3, -0.25) is 19.5 Å². The van der Waals surface area contributed by atoms with E-state index in [2.05, 4.69) is 36.4 Å². The van der Waals surface area contributed by atoms with Crippen molar-refractivity contribution in [3.8, 4) is 11.1 Å². The number of amides is 1. The third-order valence-corrected chi connectivity index (χ3v) is 7.82. The smallest absolute Gasteiger partial charge is 0.263 e. The minimum Gasteiger partial charge on any atom is -0.299 e. The van der Waals surface area contributed by atoms with Gasteiger partial charge in [0.15, 0.2) is 0 Å². The number of nitrogens with zero attached hydrogens (tertiary/aromatic N) is 4. The molecule has 0 aliphatic heterocycles. The first-order chi connectivity index (χ1) is 15.3. The molecule has 166 valence electrons. The summed E-state index contributed by atoms with van der Waals surface area (Å²) in [5, 5.41) is 12.8. The highest BCUT2D eigenvalue weighted by Gasteiger charge is 2.25. The maximum Gasteiger partial charge on any atom is 0.263 e. The van der Waals surface area contributed by atoms with Crippen molar-refractivity contribution in [2.45, 2.75) is 46.1 Å². The Labute approximate surface area is 201 Å². The predicted molar refractivity (Wildman–Crippen MR) is 134 cm³/mol. The molecule has 1 atom stereocenters. The molecular weight excluding hydrogens is 510 g/mol. The number of fused-ring (bicyclic) bond motifs is 1. The molecule has 1 amide bonds. The van der Waals surface area contributed by atoms with Gasteiger partial charge < -0.3 is 0 Å². The van der Waals surface area contributed by atoms with Gasteiger partial charge in [0.05, 0.1) is 11.7 Å². The number of halogens is 1. The molecule has 0 saturated heterocycles. The quantitative estimate of drug-likeness (QED) is 0.341. The Bertz CT molecular complexity index is 1340. The molecule has 32 heavy (non-hydrogen) atoms. The summed E-state index contributed by atoms with van der Waals surface area (Å²) >= 11 is 6.28. The average molecular weight is 532 g/mol. The fraction of sp³-hybridized carbons (Fsp3) is 0.318. The molecule has 10 heteroatoms. The summed E-state index contributed by atoms with van der Waals surface area (Å²) in [6.07, 6.45) is 1.91. The minimum absolute atomic E-state index is 0.223. The van der Waals surface area contributed by atoms with Crippen LogP contribution in [-0.2, 0) is 4.79 Å². The van der Waals surface area contributed by atoms with Crippen molar-refractivity contribution in [1.29, 1.82) is 0 Å². The summed E-state index contributed by atoms with van der Waals surface area (Å²) in [5.74, 6) is -0.0763. The summed E-state index contributed by atoms with van der Waals surface area (Å²) in [6, 6.07) is 7.14. The van der Waals surface area contributed by atoms with Crippen LogP contribution < -0.4 is 10.9 Å². The van der Waals surface area contributed by atoms with E-state index in [0.29, 0.717) is 21.8 Å². The molecule has 1 N–H and O–H groups in total. The lowest BCUT2D eigenvalue weighted by Crippen LogP contribution is -2.33. The lowest BCUT2D eigenvalue weighted by atomic mass is 10.0. The number of hydrogen-bond donors (Lipinski definition) is 1. The number of carbonyl (C=O) groups is 1. The van der Waals surface area contributed by atoms with Gasteiger partial charge in [-0.1, -0.05) is 60.2 Å². The first-order valence-corrected chi connectivity index (χ1v) is 12.6. The van der Waals surface area contributed by atoms with Gasteiger partial charge in [0.2, 0.25) is 11.0 Å². The van der Waals surface area contributed by atoms with Crippen LogP contribution in [0, 0.1) is 6.92 Å². The van der Waals surface area contributed by atoms with Crippen LogP contribution in [0.25, 0.3) is 21.3 Å². The van der Waals surface area contributed by atoms with E-state index in [0.717, 1.165) is 25.5 Å². The standard InChI is InChI=1S/C22H22BrN5O2S2/c1-5-15(18(29)25-22-27-26-19(32-22)11(2)3)28-10-24-20-17(21(28)30)16(12(4)31-20)13-6-8-14(23)9-7-13/h6-11,15H,5H2,1-4H3,(H,25,27,29). The highest BCUT2D eigenvalue weighted by atomic mass is 79.9. The van der Waals surface area contributed by atoms with Crippen molar-refractivity contribution in [1.82, 2.24) is 19.7 Å². The molecule has 0 aliphatic carbocycles. The monoisotopic (exact) mass is 531 g/mol. The van der Waals surface area contributed by atoms with E-state index >= 15 is 0 Å². The van der Waals surface area contributed by atoms with Gasteiger partial charge in [-0.05, 0) is 31.0 Å². The Balaban J connectivity index is 1.74. The molecule has 4 rings (SSSR count). The van der Waals surface area contributed by atoms with E-state index in [1.807, 2.05) is 52.0 Å². The molecule has 0 radical (unpaired) electrons. The molecule has 4 aromatic rings. The van der Waals surface area contributed by atoms with E-state index in [-0.39, 0.29) is 17.4 Å². The van der Waals surface area contributed by atoms with Crippen LogP contribution in [0.2, 0.25) is 0 Å². The van der Waals surface area contributed by atoms with Gasteiger partial charge in [0, 0.05) is 20.8 Å². The zero-order chi connectivity index (χ0) is 23.0. The van der Waals surface area contributed by atoms with Gasteiger partial charge in [-0.2, -0.15) is 0 Å². The van der Waals surface area contributed by atoms with Crippen LogP contribution in [0.3, 0.4) is 0 Å². The summed E-state index contributed by atoms with van der Waals surface area (Å²) in [4.78, 5) is 32.8. The summed E-state index contributed by atoms with van der Waals surface area (Å²) in [7, 11) is 0. The molecule has 7 nitrogen and oxygen atoms in total. The molecule has 0 aliphatic rings. The van der Waals surface area contributed by atoms with Gasteiger partial charge in [0.1, 0.15) is 15.9 Å². The number of anilines is 1. The number of rotatable bonds is 6. The van der Waals surface area contributed by atoms with Crippen molar-refractivity contribution in [3.63, 3.8) is 0 Å². The fourth-order valence-corrected chi connectivity index (χ4v) is 5.53. The first kappa shape index (κ1) is 22.8. The van der Waals surface area contributed by atoms with Crippen LogP contribution in [0.4, 0.5) is 5.13 Å². The van der Waals surface area contributed by atoms with Crippen LogP contribution >= 0.6 is 38.6 Å². The Morgan fingerprint density at radius 1 is 1.19 bits per heavy atom. The molecule has 3 aromatic heterocycles. The summed E-state index contributed by atoms with van der Waals surface area (Å²) in [5.41, 5.74) is 1.59. The second-order valence-corrected chi connectivity index (χ2v) is 10.8. The van der Waals surface area contributed by atoms with E-state index in [9.17, 15) is 9.59 Å². The zero-order valence-corrected chi connectivity index (χ0v) is 21.3. The van der Waals surface area contributed by atoms with Gasteiger partial charge >= 0.3 is 0 Å². The zero-order valence-electron chi connectivity index (χ0n) is 18.0. The van der Waals surface area contributed by atoms with Crippen molar-refractivity contribution >= 4 is 59.9 Å². The highest BCUT2D eigenvalue weighted by Crippen LogP contribution is 2.36. The second kappa shape index (κ2) is 9.21. The lowest BCUT2D eigenvalue weighted by Gasteiger charge is -2.16. The number of aryl methyl sites for hydroxylation is 1. The highest BCUT2D eigenvalue weighted by molar-refractivity contribution is 9.10. The van der Waals surface area contributed by atoms with E-state index in [1.165, 1.54) is 33.6 Å². The normalized spacial score (nSPS) is 12.4. The molecule has 0 spiro atoms. The second-order valence-electron chi connectivity index (χ2n) is 7.69. The van der Waals surface area contributed by atoms with Gasteiger partial charge in [0.25, 0.3) is 5.56 Å². The summed E-state index contributed by atoms with van der Waals surface area (Å²) < 4.78 is 2.39. The Morgan fingerprint density at radius 3 is 2.53 bits per heavy atom. The third kappa shape index (κ3) is 4.26. The van der Waals surface area contributed by atoms with Crippen molar-refractivity contribution in [2.75, 3.05) is 5.32 Å². The maximum atomic E-state index is 13.6. The number of carbonyl (C=O) groups excluding carboxylic acids is 1. The molecule has 1 unspecified atom stereocenters. The molecular formula is C22H22BrN5O2S2. The largest absolute Gasteiger partial charge is 0.299 e. The first-order valence-electron chi connectivity index (χ1n) is 10.2. The van der Waals surface area contributed by atoms with Crippen molar-refractivity contribution in [2.24, 2.45) is 0 Å². The maximum absolute atomic E-state index is 13.6. The SMILES string of the molecule is CCC(C(=O)Nc1nnc(C(C)C)s1)n1cnc2sc(C)c(-c3ccc(Br)cc3)c2c1=O. The predicted octanol–water partition coefficient (Wildman–Crippen LogP) is 5.76. The average Bonchev–Trinajstić information content (AvgIpc) is 3.35. The summed E-state index contributed by atoms with van der Waals surface area (Å²) in [6.45, 7) is 7.90. The molecule has 3 heterocycles. The van der Waals surface area contributed by atoms with Gasteiger partial charge in [-0.25, -0.2) is 4.98 Å². The lowest BCUT2D eigenvalue weighted by molar-refractivity contribution is -0.119. The van der Waals surface area contributed by atoms with Crippen LogP contribution in [0.15, 0.2) is 39.9 Å². The fourth-order valence-electron chi connectivity index (χ4n) is 3.52. The topological polar surface area (TPSA) is 89.8 Å². The number of nitrogens with one attached hydrogen (secondary N) is 1. The van der Waals surface area contributed by atoms with Gasteiger partial charge in [-0.15, -0.1) is 21.5 Å². The van der Waals surface area contributed by atoms with E-state index in [4.69, 9.17) is 0 Å². The van der Waals surface area contributed by atoms with Crippen LogP contribution in [0.1, 0.15) is 49.0 Å². The Hall–Kier alpha value is -2.43. The number of benzene rings is 1. The van der Waals surface area contributed by atoms with E-state index in [1.54, 1.807) is 0 Å². The number of thiophene rings is 1. The molecule has 0 saturated carbocycles. The minimum atomic E-state index is -0.705. The van der Waals surface area contributed by atoms with Crippen molar-refractivity contribution < 1.29 is 4.79 Å². The molecule has 0 fully saturated rings. The number of aromatic nitrogens is 4. The molecule has 0 bridgehead atoms. The Morgan fingerprint density at radius 2 is 1.91 bits per heavy atom. The van der Waals surface area contributed by atoms with Crippen LogP contribution in [0.5, 0.6) is 0 Å². The van der Waals surface area contributed by atoms with E-state index < -0.39 is 6.04 Å². The number of hydrogen-bond acceptors (Lipinski definition) is 7. The third-order valence-electron chi connectivity index (χ3n) is 5.14. The van der Waals surface area contributed by atoms with Crippen LogP contribution in [-0.4, -0.2) is 25.7 Å². The molecule has 1 aromatic carbocycles.